The number of carboxylic acid groups (broad SMARTS) is 1. The average Bonchev–Trinajstić information content (AvgIpc) is 2.59. The van der Waals surface area contributed by atoms with Crippen molar-refractivity contribution in [3.8, 4) is 0 Å². The van der Waals surface area contributed by atoms with Gasteiger partial charge in [-0.2, -0.15) is 24.4 Å². The van der Waals surface area contributed by atoms with Crippen LogP contribution in [0.25, 0.3) is 0 Å². The highest BCUT2D eigenvalue weighted by molar-refractivity contribution is 7.99. The number of hydrogen-bond acceptors (Lipinski definition) is 4. The van der Waals surface area contributed by atoms with Crippen LogP contribution >= 0.6 is 24.4 Å². The zero-order valence-corrected chi connectivity index (χ0v) is 17.9. The van der Waals surface area contributed by atoms with Gasteiger partial charge in [-0.05, 0) is 23.0 Å². The van der Waals surface area contributed by atoms with Crippen LogP contribution in [0.2, 0.25) is 0 Å². The maximum absolute atomic E-state index is 12.0. The molecule has 0 heterocycles. The van der Waals surface area contributed by atoms with E-state index < -0.39 is 12.0 Å². The Bertz CT molecular complexity index is 587. The summed E-state index contributed by atoms with van der Waals surface area (Å²) in [5.74, 6) is -0.0296. The molecule has 0 bridgehead atoms. The Morgan fingerprint density at radius 3 is 2.04 bits per heavy atom. The van der Waals surface area contributed by atoms with Gasteiger partial charge in [0.25, 0.3) is 0 Å². The normalized spacial score (nSPS) is 14.9. The number of nitrogens with one attached hydrogen (secondary N) is 1. The number of amides is 1. The predicted molar refractivity (Wildman–Crippen MR) is 113 cm³/mol. The van der Waals surface area contributed by atoms with E-state index in [1.165, 1.54) is 11.1 Å². The van der Waals surface area contributed by atoms with Gasteiger partial charge >= 0.3 is 5.97 Å². The van der Waals surface area contributed by atoms with E-state index >= 15 is 0 Å². The van der Waals surface area contributed by atoms with Crippen molar-refractivity contribution in [2.45, 2.75) is 51.8 Å². The van der Waals surface area contributed by atoms with Crippen molar-refractivity contribution in [3.05, 3.63) is 35.4 Å². The van der Waals surface area contributed by atoms with Gasteiger partial charge in [0.2, 0.25) is 5.91 Å². The standard InChI is InChI=1S/C20H31NO3S2/c1-12(2)15-6-8-16(9-7-15)18(13(3)4)26-11-17(20(23)24)21-19(22)14(5)10-25/h6-9,12-14,17-18,25H,10-11H2,1-5H3,(H,21,22)(H,23,24)/t14-,17+,18?/m1/s1. The topological polar surface area (TPSA) is 66.4 Å². The summed E-state index contributed by atoms with van der Waals surface area (Å²) in [5.41, 5.74) is 2.48. The number of thioether (sulfide) groups is 1. The molecule has 0 aromatic heterocycles. The highest BCUT2D eigenvalue weighted by atomic mass is 32.2. The lowest BCUT2D eigenvalue weighted by Gasteiger charge is -2.24. The third kappa shape index (κ3) is 6.88. The quantitative estimate of drug-likeness (QED) is 0.513. The maximum atomic E-state index is 12.0. The maximum Gasteiger partial charge on any atom is 0.327 e. The molecule has 1 aromatic carbocycles. The minimum atomic E-state index is -1.00. The van der Waals surface area contributed by atoms with Gasteiger partial charge in [0.05, 0.1) is 0 Å². The molecule has 4 nitrogen and oxygen atoms in total. The van der Waals surface area contributed by atoms with Crippen LogP contribution in [0.15, 0.2) is 24.3 Å². The lowest BCUT2D eigenvalue weighted by atomic mass is 9.97. The van der Waals surface area contributed by atoms with Crippen molar-refractivity contribution in [2.75, 3.05) is 11.5 Å². The lowest BCUT2D eigenvalue weighted by Crippen LogP contribution is -2.45. The number of carbonyl (C=O) groups excluding carboxylic acids is 1. The number of benzene rings is 1. The summed E-state index contributed by atoms with van der Waals surface area (Å²) in [6.07, 6.45) is 0. The molecule has 0 spiro atoms. The summed E-state index contributed by atoms with van der Waals surface area (Å²) in [6.45, 7) is 10.3. The molecule has 0 fully saturated rings. The molecule has 1 amide bonds. The minimum absolute atomic E-state index is 0.178. The van der Waals surface area contributed by atoms with Crippen LogP contribution in [0.1, 0.15) is 56.9 Å². The summed E-state index contributed by atoms with van der Waals surface area (Å²) >= 11 is 5.68. The highest BCUT2D eigenvalue weighted by Gasteiger charge is 2.25. The van der Waals surface area contributed by atoms with Crippen molar-refractivity contribution < 1.29 is 14.7 Å². The molecule has 1 unspecified atom stereocenters. The van der Waals surface area contributed by atoms with Gasteiger partial charge in [-0.3, -0.25) is 4.79 Å². The molecule has 146 valence electrons. The molecule has 0 aliphatic heterocycles. The van der Waals surface area contributed by atoms with Gasteiger partial charge in [-0.15, -0.1) is 0 Å². The van der Waals surface area contributed by atoms with E-state index in [-0.39, 0.29) is 17.1 Å². The first-order valence-corrected chi connectivity index (χ1v) is 10.7. The molecule has 0 aliphatic carbocycles. The molecule has 0 saturated carbocycles. The van der Waals surface area contributed by atoms with Gasteiger partial charge in [0, 0.05) is 22.7 Å². The Morgan fingerprint density at radius 1 is 1.08 bits per heavy atom. The summed E-state index contributed by atoms with van der Waals surface area (Å²) in [6, 6.07) is 7.64. The highest BCUT2D eigenvalue weighted by Crippen LogP contribution is 2.36. The van der Waals surface area contributed by atoms with Crippen LogP contribution in [-0.4, -0.2) is 34.5 Å². The zero-order valence-electron chi connectivity index (χ0n) is 16.2. The second-order valence-electron chi connectivity index (χ2n) is 7.30. The van der Waals surface area contributed by atoms with Crippen LogP contribution in [0.5, 0.6) is 0 Å². The SMILES string of the molecule is CC(C)c1ccc(C(SC[C@H](NC(=O)[C@H](C)CS)C(=O)O)C(C)C)cc1. The Hall–Kier alpha value is -1.14. The van der Waals surface area contributed by atoms with E-state index in [0.29, 0.717) is 23.3 Å². The number of carboxylic acids is 1. The fraction of sp³-hybridized carbons (Fsp3) is 0.600. The fourth-order valence-corrected chi connectivity index (χ4v) is 4.04. The van der Waals surface area contributed by atoms with Crippen LogP contribution in [0, 0.1) is 11.8 Å². The number of rotatable bonds is 10. The van der Waals surface area contributed by atoms with E-state index in [1.807, 2.05) is 0 Å². The third-order valence-corrected chi connectivity index (χ3v) is 6.56. The second kappa shape index (κ2) is 10.9. The monoisotopic (exact) mass is 397 g/mol. The molecule has 1 aromatic rings. The van der Waals surface area contributed by atoms with Gasteiger partial charge in [0.15, 0.2) is 0 Å². The van der Waals surface area contributed by atoms with E-state index in [0.717, 1.165) is 0 Å². The Balaban J connectivity index is 2.82. The summed E-state index contributed by atoms with van der Waals surface area (Å²) in [7, 11) is 0. The Kier molecular flexibility index (Phi) is 9.58. The average molecular weight is 398 g/mol. The second-order valence-corrected chi connectivity index (χ2v) is 8.84. The minimum Gasteiger partial charge on any atom is -0.480 e. The molecule has 6 heteroatoms. The first-order chi connectivity index (χ1) is 12.2. The lowest BCUT2D eigenvalue weighted by molar-refractivity contribution is -0.141. The van der Waals surface area contributed by atoms with Crippen LogP contribution < -0.4 is 5.32 Å². The van der Waals surface area contributed by atoms with Crippen LogP contribution in [0.3, 0.4) is 0 Å². The first kappa shape index (κ1) is 22.9. The molecule has 0 saturated heterocycles. The summed E-state index contributed by atoms with van der Waals surface area (Å²) in [5, 5.41) is 12.3. The van der Waals surface area contributed by atoms with Gasteiger partial charge in [0.1, 0.15) is 6.04 Å². The molecule has 3 atom stereocenters. The fourth-order valence-electron chi connectivity index (χ4n) is 2.52. The molecule has 0 radical (unpaired) electrons. The number of hydrogen-bond donors (Lipinski definition) is 3. The number of carbonyl (C=O) groups is 2. The third-order valence-electron chi connectivity index (χ3n) is 4.32. The van der Waals surface area contributed by atoms with E-state index in [4.69, 9.17) is 0 Å². The summed E-state index contributed by atoms with van der Waals surface area (Å²) in [4.78, 5) is 23.5. The Morgan fingerprint density at radius 2 is 1.62 bits per heavy atom. The van der Waals surface area contributed by atoms with E-state index in [9.17, 15) is 14.7 Å². The zero-order chi connectivity index (χ0) is 19.9. The predicted octanol–water partition coefficient (Wildman–Crippen LogP) is 4.38. The Labute approximate surface area is 166 Å². The van der Waals surface area contributed by atoms with Gasteiger partial charge in [-0.1, -0.05) is 58.9 Å². The van der Waals surface area contributed by atoms with Crippen molar-refractivity contribution >= 4 is 36.3 Å². The van der Waals surface area contributed by atoms with Crippen molar-refractivity contribution in [1.29, 1.82) is 0 Å². The van der Waals surface area contributed by atoms with Gasteiger partial charge < -0.3 is 10.4 Å². The van der Waals surface area contributed by atoms with Gasteiger partial charge in [-0.25, -0.2) is 4.79 Å². The molecular formula is C20H31NO3S2. The number of aliphatic carboxylic acids is 1. The smallest absolute Gasteiger partial charge is 0.327 e. The largest absolute Gasteiger partial charge is 0.480 e. The van der Waals surface area contributed by atoms with Crippen LogP contribution in [0.4, 0.5) is 0 Å². The number of thiol groups is 1. The van der Waals surface area contributed by atoms with E-state index in [1.54, 1.807) is 18.7 Å². The first-order valence-electron chi connectivity index (χ1n) is 9.02. The molecule has 26 heavy (non-hydrogen) atoms. The molecule has 2 N–H and O–H groups in total. The molecular weight excluding hydrogens is 366 g/mol. The van der Waals surface area contributed by atoms with Crippen molar-refractivity contribution in [3.63, 3.8) is 0 Å². The molecule has 1 rings (SSSR count). The van der Waals surface area contributed by atoms with E-state index in [2.05, 4.69) is 69.9 Å². The summed E-state index contributed by atoms with van der Waals surface area (Å²) < 4.78 is 0. The van der Waals surface area contributed by atoms with Crippen molar-refractivity contribution in [2.24, 2.45) is 11.8 Å². The van der Waals surface area contributed by atoms with Crippen molar-refractivity contribution in [1.82, 2.24) is 5.32 Å². The van der Waals surface area contributed by atoms with Crippen LogP contribution in [-0.2, 0) is 9.59 Å². The molecule has 0 aliphatic rings.